The summed E-state index contributed by atoms with van der Waals surface area (Å²) in [5, 5.41) is 2.33. The smallest absolute Gasteiger partial charge is 0.261 e. The van der Waals surface area contributed by atoms with Crippen molar-refractivity contribution in [2.75, 3.05) is 6.61 Å². The Bertz CT molecular complexity index is 1640. The molecule has 3 aromatic rings. The van der Waals surface area contributed by atoms with E-state index in [0.29, 0.717) is 38.0 Å². The fraction of sp³-hybridized carbons (Fsp3) is 0.521. The van der Waals surface area contributed by atoms with Gasteiger partial charge in [0.2, 0.25) is 0 Å². The van der Waals surface area contributed by atoms with Gasteiger partial charge in [-0.3, -0.25) is 4.79 Å². The van der Waals surface area contributed by atoms with Crippen molar-refractivity contribution in [2.45, 2.75) is 154 Å². The first-order chi connectivity index (χ1) is 26.3. The molecule has 4 rings (SSSR count). The monoisotopic (exact) mass is 798 g/mol. The first-order valence-electron chi connectivity index (χ1n) is 20.6. The van der Waals surface area contributed by atoms with Crippen molar-refractivity contribution < 1.29 is 27.9 Å². The number of hydrogen-bond acceptors (Lipinski definition) is 6. The predicted molar refractivity (Wildman–Crippen MR) is 237 cm³/mol. The van der Waals surface area contributed by atoms with Crippen LogP contribution in [0, 0.1) is 0 Å². The molecule has 4 atom stereocenters. The van der Waals surface area contributed by atoms with Gasteiger partial charge in [-0.1, -0.05) is 145 Å². The maximum Gasteiger partial charge on any atom is 0.261 e. The Balaban J connectivity index is 1.64. The van der Waals surface area contributed by atoms with Crippen LogP contribution in [-0.2, 0) is 34.5 Å². The molecule has 0 bridgehead atoms. The number of rotatable bonds is 20. The van der Waals surface area contributed by atoms with Crippen LogP contribution in [0.2, 0.25) is 23.2 Å². The largest absolute Gasteiger partial charge is 0.411 e. The molecule has 6 nitrogen and oxygen atoms in total. The highest BCUT2D eigenvalue weighted by Gasteiger charge is 2.50. The van der Waals surface area contributed by atoms with E-state index >= 15 is 0 Å². The van der Waals surface area contributed by atoms with Crippen LogP contribution in [0.5, 0.6) is 0 Å². The molecular weight excluding hydrogens is 729 g/mol. The van der Waals surface area contributed by atoms with Gasteiger partial charge in [-0.25, -0.2) is 0 Å². The second kappa shape index (κ2) is 19.7. The molecular formula is C48H70O6Si2. The predicted octanol–water partition coefficient (Wildman–Crippen LogP) is 10.7. The van der Waals surface area contributed by atoms with Crippen LogP contribution in [0.3, 0.4) is 0 Å². The van der Waals surface area contributed by atoms with E-state index in [9.17, 15) is 4.79 Å². The molecule has 0 saturated carbocycles. The fourth-order valence-electron chi connectivity index (χ4n) is 7.55. The summed E-state index contributed by atoms with van der Waals surface area (Å²) in [5.41, 5.74) is 1.58. The van der Waals surface area contributed by atoms with Crippen LogP contribution in [0.25, 0.3) is 0 Å². The SMILES string of the molecule is C=CCC[C@H]1C[C@@H](C(=O)C(=C)C[C@H](O[Si](C)(C)C(C)(C)C)[C@H](CCCO[Si](c2ccccc2)(c2ccccc2)C(C)(C)C)OCc2ccccc2)OC(C)(C)O1. The minimum atomic E-state index is -2.72. The molecule has 0 aliphatic carbocycles. The molecule has 3 aromatic carbocycles. The van der Waals surface area contributed by atoms with E-state index in [4.69, 9.17) is 23.1 Å². The fourth-order valence-corrected chi connectivity index (χ4v) is 13.5. The average Bonchev–Trinajstić information content (AvgIpc) is 3.14. The molecule has 306 valence electrons. The quantitative estimate of drug-likeness (QED) is 0.0491. The van der Waals surface area contributed by atoms with Crippen molar-refractivity contribution in [3.8, 4) is 0 Å². The van der Waals surface area contributed by atoms with E-state index in [1.54, 1.807) is 0 Å². The summed E-state index contributed by atoms with van der Waals surface area (Å²) in [4.78, 5) is 14.2. The maximum atomic E-state index is 14.2. The number of ether oxygens (including phenoxy) is 3. The van der Waals surface area contributed by atoms with E-state index in [-0.39, 0.29) is 28.1 Å². The summed E-state index contributed by atoms with van der Waals surface area (Å²) in [7, 11) is -5.06. The Morgan fingerprint density at radius 1 is 0.857 bits per heavy atom. The normalized spacial score (nSPS) is 18.9. The van der Waals surface area contributed by atoms with Gasteiger partial charge in [0.25, 0.3) is 8.32 Å². The van der Waals surface area contributed by atoms with Gasteiger partial charge in [-0.05, 0) is 84.2 Å². The molecule has 1 aliphatic heterocycles. The lowest BCUT2D eigenvalue weighted by Gasteiger charge is -2.43. The first-order valence-corrected chi connectivity index (χ1v) is 25.4. The van der Waals surface area contributed by atoms with Gasteiger partial charge in [0, 0.05) is 19.4 Å². The van der Waals surface area contributed by atoms with Crippen LogP contribution in [0.15, 0.2) is 116 Å². The summed E-state index contributed by atoms with van der Waals surface area (Å²) >= 11 is 0. The number of benzene rings is 3. The second-order valence-electron chi connectivity index (χ2n) is 18.4. The highest BCUT2D eigenvalue weighted by Crippen LogP contribution is 2.40. The number of ketones is 1. The third-order valence-corrected chi connectivity index (χ3v) is 21.0. The number of carbonyl (C=O) groups excluding carboxylic acids is 1. The second-order valence-corrected chi connectivity index (χ2v) is 27.5. The summed E-state index contributed by atoms with van der Waals surface area (Å²) in [6.45, 7) is 31.2. The first kappa shape index (κ1) is 45.7. The molecule has 8 heteroatoms. The van der Waals surface area contributed by atoms with Crippen molar-refractivity contribution in [1.82, 2.24) is 0 Å². The zero-order valence-electron chi connectivity index (χ0n) is 36.1. The molecule has 1 aliphatic rings. The van der Waals surface area contributed by atoms with Crippen LogP contribution in [0.4, 0.5) is 0 Å². The van der Waals surface area contributed by atoms with Crippen molar-refractivity contribution in [3.63, 3.8) is 0 Å². The van der Waals surface area contributed by atoms with Gasteiger partial charge in [0.15, 0.2) is 19.9 Å². The molecule has 0 spiro atoms. The minimum absolute atomic E-state index is 0.0564. The summed E-state index contributed by atoms with van der Waals surface area (Å²) < 4.78 is 33.9. The summed E-state index contributed by atoms with van der Waals surface area (Å²) in [6, 6.07) is 31.8. The van der Waals surface area contributed by atoms with Crippen molar-refractivity contribution in [2.24, 2.45) is 0 Å². The van der Waals surface area contributed by atoms with Gasteiger partial charge in [-0.2, -0.15) is 0 Å². The zero-order valence-corrected chi connectivity index (χ0v) is 38.1. The molecule has 1 saturated heterocycles. The third-order valence-electron chi connectivity index (χ3n) is 11.5. The van der Waals surface area contributed by atoms with Crippen molar-refractivity contribution in [1.29, 1.82) is 0 Å². The number of hydrogen-bond donors (Lipinski definition) is 0. The topological polar surface area (TPSA) is 63.2 Å². The molecule has 56 heavy (non-hydrogen) atoms. The Morgan fingerprint density at radius 3 is 1.93 bits per heavy atom. The molecule has 0 radical (unpaired) electrons. The number of allylic oxidation sites excluding steroid dienone is 1. The minimum Gasteiger partial charge on any atom is -0.411 e. The molecule has 0 amide bonds. The van der Waals surface area contributed by atoms with Gasteiger partial charge in [-0.15, -0.1) is 6.58 Å². The van der Waals surface area contributed by atoms with E-state index in [0.717, 1.165) is 24.8 Å². The molecule has 0 N–H and O–H groups in total. The van der Waals surface area contributed by atoms with Gasteiger partial charge < -0.3 is 23.1 Å². The van der Waals surface area contributed by atoms with E-state index in [1.165, 1.54) is 10.4 Å². The number of carbonyl (C=O) groups is 1. The average molecular weight is 799 g/mol. The molecule has 0 aromatic heterocycles. The van der Waals surface area contributed by atoms with Crippen molar-refractivity contribution in [3.05, 3.63) is 121 Å². The van der Waals surface area contributed by atoms with Gasteiger partial charge in [0.05, 0.1) is 24.9 Å². The lowest BCUT2D eigenvalue weighted by atomic mass is 9.93. The summed E-state index contributed by atoms with van der Waals surface area (Å²) in [5.74, 6) is -0.973. The Morgan fingerprint density at radius 2 is 1.41 bits per heavy atom. The Hall–Kier alpha value is -2.96. The van der Waals surface area contributed by atoms with Crippen molar-refractivity contribution >= 4 is 32.8 Å². The number of Topliss-reactive ketones (excluding diaryl/α,β-unsaturated/α-hetero) is 1. The van der Waals surface area contributed by atoms with Crippen LogP contribution in [0.1, 0.15) is 99.5 Å². The highest BCUT2D eigenvalue weighted by molar-refractivity contribution is 6.99. The van der Waals surface area contributed by atoms with E-state index in [1.807, 2.05) is 38.1 Å². The highest BCUT2D eigenvalue weighted by atomic mass is 28.4. The lowest BCUT2D eigenvalue weighted by molar-refractivity contribution is -0.293. The standard InChI is InChI=1S/C48H70O6Si2/c1-13-14-27-39-35-44(53-48(9,10)52-39)45(49)37(2)34-43(54-55(11,12)46(3,4)5)42(50-36-38-25-18-15-19-26-38)32-24-33-51-56(47(6,7)8,40-28-20-16-21-29-40)41-30-22-17-23-31-41/h13,15-23,25-26,28-31,39,42-44H,1-2,14,24,27,32-36H2,3-12H3/t39-,42-,43-,44-/m0/s1. The van der Waals surface area contributed by atoms with E-state index < -0.39 is 34.6 Å². The van der Waals surface area contributed by atoms with E-state index in [2.05, 4.69) is 141 Å². The molecule has 1 fully saturated rings. The van der Waals surface area contributed by atoms with Gasteiger partial charge in [0.1, 0.15) is 6.10 Å². The van der Waals surface area contributed by atoms with Crippen LogP contribution < -0.4 is 10.4 Å². The molecule has 0 unspecified atom stereocenters. The maximum absolute atomic E-state index is 14.2. The molecule has 1 heterocycles. The van der Waals surface area contributed by atoms with Crippen LogP contribution in [-0.4, -0.2) is 59.2 Å². The zero-order chi connectivity index (χ0) is 41.2. The van der Waals surface area contributed by atoms with Gasteiger partial charge >= 0.3 is 0 Å². The Kier molecular flexibility index (Phi) is 16.1. The lowest BCUT2D eigenvalue weighted by Crippen LogP contribution is -2.66. The Labute approximate surface area is 341 Å². The third kappa shape index (κ3) is 12.0. The summed E-state index contributed by atoms with van der Waals surface area (Å²) in [6.07, 6.45) is 4.31. The van der Waals surface area contributed by atoms with Crippen LogP contribution >= 0.6 is 0 Å².